The Labute approximate surface area is 173 Å². The minimum atomic E-state index is -3.28. The summed E-state index contributed by atoms with van der Waals surface area (Å²) in [5.74, 6) is 0.735. The molecule has 2 heterocycles. The lowest BCUT2D eigenvalue weighted by Crippen LogP contribution is -2.12. The fourth-order valence-electron chi connectivity index (χ4n) is 3.35. The molecule has 0 aliphatic rings. The molecule has 30 heavy (non-hydrogen) atoms. The van der Waals surface area contributed by atoms with Crippen LogP contribution < -0.4 is 15.6 Å². The lowest BCUT2D eigenvalue weighted by atomic mass is 10.1. The van der Waals surface area contributed by atoms with Crippen molar-refractivity contribution in [2.75, 3.05) is 18.7 Å². The Bertz CT molecular complexity index is 1390. The third-order valence-electron chi connectivity index (χ3n) is 4.87. The number of hydrogen-bond donors (Lipinski definition) is 3. The van der Waals surface area contributed by atoms with E-state index in [1.165, 1.54) is 6.26 Å². The van der Waals surface area contributed by atoms with Crippen LogP contribution in [0.2, 0.25) is 0 Å². The van der Waals surface area contributed by atoms with Crippen LogP contribution in [0.1, 0.15) is 5.56 Å². The van der Waals surface area contributed by atoms with Crippen molar-refractivity contribution in [3.8, 4) is 17.0 Å². The molecule has 0 bridgehead atoms. The lowest BCUT2D eigenvalue weighted by molar-refractivity contribution is 0.415. The van der Waals surface area contributed by atoms with Crippen molar-refractivity contribution in [3.05, 3.63) is 76.7 Å². The number of hydrogen-bond acceptors (Lipinski definition) is 5. The topological polar surface area (TPSA) is 104 Å². The first-order valence-electron chi connectivity index (χ1n) is 9.27. The van der Waals surface area contributed by atoms with Gasteiger partial charge < -0.3 is 20.0 Å². The van der Waals surface area contributed by atoms with Gasteiger partial charge in [0.25, 0.3) is 5.56 Å². The largest absolute Gasteiger partial charge is 0.497 e. The molecular formula is C22H21N3O4S. The summed E-state index contributed by atoms with van der Waals surface area (Å²) < 4.78 is 28.9. The van der Waals surface area contributed by atoms with Crippen LogP contribution in [0.4, 0.5) is 5.69 Å². The van der Waals surface area contributed by atoms with Crippen LogP contribution in [-0.2, 0) is 16.4 Å². The second kappa shape index (κ2) is 7.72. The Hall–Kier alpha value is -3.52. The van der Waals surface area contributed by atoms with Gasteiger partial charge in [-0.3, -0.25) is 4.79 Å². The van der Waals surface area contributed by atoms with Crippen LogP contribution >= 0.6 is 0 Å². The van der Waals surface area contributed by atoms with E-state index in [0.717, 1.165) is 22.2 Å². The number of benzene rings is 2. The number of aromatic nitrogens is 2. The van der Waals surface area contributed by atoms with E-state index in [0.29, 0.717) is 23.5 Å². The summed E-state index contributed by atoms with van der Waals surface area (Å²) in [6.07, 6.45) is 2.76. The number of anilines is 1. The Morgan fingerprint density at radius 1 is 1.07 bits per heavy atom. The van der Waals surface area contributed by atoms with Crippen LogP contribution in [-0.4, -0.2) is 31.8 Å². The zero-order chi connectivity index (χ0) is 21.3. The molecule has 2 aromatic heterocycles. The fourth-order valence-corrected chi connectivity index (χ4v) is 4.04. The van der Waals surface area contributed by atoms with E-state index in [2.05, 4.69) is 15.3 Å². The van der Waals surface area contributed by atoms with Gasteiger partial charge in [0.2, 0.25) is 0 Å². The van der Waals surface area contributed by atoms with Gasteiger partial charge >= 0.3 is 0 Å². The Morgan fingerprint density at radius 2 is 1.90 bits per heavy atom. The first-order valence-corrected chi connectivity index (χ1v) is 11.2. The van der Waals surface area contributed by atoms with E-state index in [-0.39, 0.29) is 10.5 Å². The molecule has 0 aliphatic carbocycles. The fraction of sp³-hybridized carbons (Fsp3) is 0.136. The molecular weight excluding hydrogens is 402 g/mol. The van der Waals surface area contributed by atoms with Crippen molar-refractivity contribution in [3.63, 3.8) is 0 Å². The lowest BCUT2D eigenvalue weighted by Gasteiger charge is -2.11. The maximum atomic E-state index is 12.6. The molecule has 154 valence electrons. The number of aromatic amines is 2. The number of sulfone groups is 1. The van der Waals surface area contributed by atoms with E-state index in [4.69, 9.17) is 4.74 Å². The number of H-pyrrole nitrogens is 2. The third-order valence-corrected chi connectivity index (χ3v) is 5.98. The van der Waals surface area contributed by atoms with Crippen molar-refractivity contribution in [1.29, 1.82) is 0 Å². The molecule has 0 saturated heterocycles. The number of methoxy groups -OCH3 is 1. The van der Waals surface area contributed by atoms with Gasteiger partial charge in [0.1, 0.15) is 5.75 Å². The smallest absolute Gasteiger partial charge is 0.259 e. The van der Waals surface area contributed by atoms with E-state index < -0.39 is 9.84 Å². The van der Waals surface area contributed by atoms with Crippen LogP contribution in [0.3, 0.4) is 0 Å². The van der Waals surface area contributed by atoms with Crippen molar-refractivity contribution in [2.24, 2.45) is 0 Å². The second-order valence-electron chi connectivity index (χ2n) is 7.00. The van der Waals surface area contributed by atoms with Crippen LogP contribution in [0.25, 0.3) is 22.2 Å². The Kier molecular flexibility index (Phi) is 5.09. The summed E-state index contributed by atoms with van der Waals surface area (Å²) in [6, 6.07) is 16.1. The van der Waals surface area contributed by atoms with Crippen LogP contribution in [0.5, 0.6) is 5.75 Å². The van der Waals surface area contributed by atoms with E-state index in [9.17, 15) is 13.2 Å². The van der Waals surface area contributed by atoms with Crippen LogP contribution in [0.15, 0.2) is 70.5 Å². The molecule has 4 rings (SSSR count). The summed E-state index contributed by atoms with van der Waals surface area (Å²) in [7, 11) is -1.68. The maximum absolute atomic E-state index is 12.6. The highest BCUT2D eigenvalue weighted by molar-refractivity contribution is 7.90. The first kappa shape index (κ1) is 19.8. The highest BCUT2D eigenvalue weighted by Crippen LogP contribution is 2.29. The molecule has 0 fully saturated rings. The van der Waals surface area contributed by atoms with Gasteiger partial charge in [0.15, 0.2) is 9.84 Å². The van der Waals surface area contributed by atoms with Gasteiger partial charge in [-0.1, -0.05) is 12.1 Å². The summed E-state index contributed by atoms with van der Waals surface area (Å²) in [5.41, 5.74) is 3.25. The maximum Gasteiger partial charge on any atom is 0.259 e. The quantitative estimate of drug-likeness (QED) is 0.440. The molecule has 4 aromatic rings. The SMILES string of the molecule is COc1ccc2[nH]c(-c3c(NCc4cccc(S(C)(=O)=O)c4)cc[nH]c3=O)cc2c1. The van der Waals surface area contributed by atoms with Gasteiger partial charge in [-0.05, 0) is 48.0 Å². The number of nitrogens with one attached hydrogen (secondary N) is 3. The van der Waals surface area contributed by atoms with Gasteiger partial charge in [0.05, 0.1) is 29.0 Å². The Balaban J connectivity index is 1.68. The summed E-state index contributed by atoms with van der Waals surface area (Å²) in [5, 5.41) is 4.18. The number of rotatable bonds is 6. The van der Waals surface area contributed by atoms with Crippen molar-refractivity contribution < 1.29 is 13.2 Å². The average Bonchev–Trinajstić information content (AvgIpc) is 3.14. The van der Waals surface area contributed by atoms with E-state index in [1.807, 2.05) is 30.3 Å². The molecule has 8 heteroatoms. The monoisotopic (exact) mass is 423 g/mol. The summed E-state index contributed by atoms with van der Waals surface area (Å²) in [4.78, 5) is 18.9. The molecule has 2 aromatic carbocycles. The normalized spacial score (nSPS) is 11.5. The molecule has 0 unspecified atom stereocenters. The minimum absolute atomic E-state index is 0.233. The van der Waals surface area contributed by atoms with Crippen molar-refractivity contribution in [1.82, 2.24) is 9.97 Å². The molecule has 0 amide bonds. The molecule has 0 atom stereocenters. The Morgan fingerprint density at radius 3 is 2.67 bits per heavy atom. The number of fused-ring (bicyclic) bond motifs is 1. The van der Waals surface area contributed by atoms with Crippen molar-refractivity contribution in [2.45, 2.75) is 11.4 Å². The van der Waals surface area contributed by atoms with Gasteiger partial charge in [-0.25, -0.2) is 8.42 Å². The first-order chi connectivity index (χ1) is 14.3. The highest BCUT2D eigenvalue weighted by Gasteiger charge is 2.14. The zero-order valence-corrected chi connectivity index (χ0v) is 17.3. The molecule has 0 saturated carbocycles. The van der Waals surface area contributed by atoms with Crippen LogP contribution in [0, 0.1) is 0 Å². The summed E-state index contributed by atoms with van der Waals surface area (Å²) in [6.45, 7) is 0.369. The molecule has 7 nitrogen and oxygen atoms in total. The number of pyridine rings is 1. The summed E-state index contributed by atoms with van der Waals surface area (Å²) >= 11 is 0. The van der Waals surface area contributed by atoms with Gasteiger partial charge in [-0.15, -0.1) is 0 Å². The third kappa shape index (κ3) is 3.95. The second-order valence-corrected chi connectivity index (χ2v) is 9.02. The number of ether oxygens (including phenoxy) is 1. The minimum Gasteiger partial charge on any atom is -0.497 e. The van der Waals surface area contributed by atoms with E-state index >= 15 is 0 Å². The molecule has 3 N–H and O–H groups in total. The standard InChI is InChI=1S/C22H21N3O4S/c1-29-16-6-7-18-15(11-16)12-20(25-18)21-19(8-9-23-22(21)26)24-13-14-4-3-5-17(10-14)30(2,27)28/h3-12,25H,13H2,1-2H3,(H2,23,24,26). The molecule has 0 spiro atoms. The zero-order valence-electron chi connectivity index (χ0n) is 16.5. The van der Waals surface area contributed by atoms with E-state index in [1.54, 1.807) is 37.6 Å². The molecule has 0 radical (unpaired) electrons. The predicted molar refractivity (Wildman–Crippen MR) is 118 cm³/mol. The average molecular weight is 423 g/mol. The van der Waals surface area contributed by atoms with Gasteiger partial charge in [0, 0.05) is 29.9 Å². The van der Waals surface area contributed by atoms with Crippen molar-refractivity contribution >= 4 is 26.4 Å². The predicted octanol–water partition coefficient (Wildman–Crippen LogP) is 3.55. The molecule has 0 aliphatic heterocycles. The highest BCUT2D eigenvalue weighted by atomic mass is 32.2. The van der Waals surface area contributed by atoms with Gasteiger partial charge in [-0.2, -0.15) is 0 Å².